The number of carbonyl (C=O) groups excluding carboxylic acids is 1. The van der Waals surface area contributed by atoms with E-state index in [0.29, 0.717) is 13.0 Å². The fraction of sp³-hybridized carbons (Fsp3) is 0.500. The molecule has 0 bridgehead atoms. The number of amidine groups is 1. The number of aliphatic hydroxyl groups is 3. The molecule has 4 atom stereocenters. The first-order valence-electron chi connectivity index (χ1n) is 7.76. The Morgan fingerprint density at radius 2 is 1.96 bits per heavy atom. The van der Waals surface area contributed by atoms with E-state index in [-0.39, 0.29) is 11.7 Å². The second kappa shape index (κ2) is 8.74. The third-order valence-corrected chi connectivity index (χ3v) is 3.74. The lowest BCUT2D eigenvalue weighted by Gasteiger charge is -2.35. The van der Waals surface area contributed by atoms with Crippen LogP contribution in [0.2, 0.25) is 0 Å². The standard InChI is InChI=1S/C16H23N3O5/c1-10(21)17-13-15(23)14(22)12(9-20)18-16(13)19-24-8-7-11-5-3-2-4-6-11/h2-6,12-15,20,22-23H,7-9H2,1H3,(H,17,21)(H,18,19)/t12?,13?,14-,15-/m1/s1. The number of hydrogen-bond acceptors (Lipinski definition) is 7. The molecular formula is C16H23N3O5. The molecular weight excluding hydrogens is 314 g/mol. The summed E-state index contributed by atoms with van der Waals surface area (Å²) in [5, 5.41) is 31.8. The minimum atomic E-state index is -1.30. The van der Waals surface area contributed by atoms with Crippen molar-refractivity contribution in [1.82, 2.24) is 10.8 Å². The molecule has 24 heavy (non-hydrogen) atoms. The van der Waals surface area contributed by atoms with Gasteiger partial charge < -0.3 is 20.6 Å². The number of amides is 1. The Hall–Kier alpha value is -2.00. The monoisotopic (exact) mass is 337 g/mol. The van der Waals surface area contributed by atoms with Gasteiger partial charge in [-0.25, -0.2) is 0 Å². The summed E-state index contributed by atoms with van der Waals surface area (Å²) in [6, 6.07) is 7.93. The number of hydroxylamine groups is 1. The highest BCUT2D eigenvalue weighted by Crippen LogP contribution is 2.15. The summed E-state index contributed by atoms with van der Waals surface area (Å²) in [6.45, 7) is 1.21. The van der Waals surface area contributed by atoms with E-state index >= 15 is 0 Å². The van der Waals surface area contributed by atoms with Gasteiger partial charge in [0.1, 0.15) is 30.1 Å². The van der Waals surface area contributed by atoms with Gasteiger partial charge in [0, 0.05) is 6.92 Å². The zero-order valence-electron chi connectivity index (χ0n) is 13.4. The van der Waals surface area contributed by atoms with E-state index in [9.17, 15) is 20.1 Å². The van der Waals surface area contributed by atoms with E-state index in [1.165, 1.54) is 6.92 Å². The third-order valence-electron chi connectivity index (χ3n) is 3.74. The SMILES string of the molecule is CC(=O)NC1C(NOCCc2ccccc2)=NC(CO)[C@@H](O)[C@@H]1O. The zero-order valence-corrected chi connectivity index (χ0v) is 13.4. The van der Waals surface area contributed by atoms with E-state index in [0.717, 1.165) is 5.56 Å². The van der Waals surface area contributed by atoms with Gasteiger partial charge in [0.05, 0.1) is 13.2 Å². The summed E-state index contributed by atoms with van der Waals surface area (Å²) < 4.78 is 0. The van der Waals surface area contributed by atoms with Gasteiger partial charge in [-0.15, -0.1) is 0 Å². The molecule has 0 aliphatic carbocycles. The van der Waals surface area contributed by atoms with Gasteiger partial charge in [0.2, 0.25) is 5.91 Å². The molecule has 0 spiro atoms. The predicted molar refractivity (Wildman–Crippen MR) is 87.2 cm³/mol. The molecule has 2 unspecified atom stereocenters. The van der Waals surface area contributed by atoms with Gasteiger partial charge in [0.25, 0.3) is 0 Å². The molecule has 1 amide bonds. The van der Waals surface area contributed by atoms with Crippen LogP contribution >= 0.6 is 0 Å². The summed E-state index contributed by atoms with van der Waals surface area (Å²) in [6.07, 6.45) is -1.91. The van der Waals surface area contributed by atoms with Gasteiger partial charge >= 0.3 is 0 Å². The highest BCUT2D eigenvalue weighted by Gasteiger charge is 2.40. The van der Waals surface area contributed by atoms with Gasteiger partial charge in [-0.1, -0.05) is 30.3 Å². The Morgan fingerprint density at radius 1 is 1.25 bits per heavy atom. The van der Waals surface area contributed by atoms with Crippen molar-refractivity contribution in [3.63, 3.8) is 0 Å². The van der Waals surface area contributed by atoms with Crippen molar-refractivity contribution in [1.29, 1.82) is 0 Å². The van der Waals surface area contributed by atoms with Crippen LogP contribution in [0.15, 0.2) is 35.3 Å². The van der Waals surface area contributed by atoms with Crippen LogP contribution in [-0.4, -0.2) is 64.6 Å². The molecule has 8 heteroatoms. The Bertz CT molecular complexity index is 566. The van der Waals surface area contributed by atoms with Crippen LogP contribution in [0, 0.1) is 0 Å². The first kappa shape index (κ1) is 18.3. The Labute approximate surface area is 140 Å². The smallest absolute Gasteiger partial charge is 0.217 e. The molecule has 1 aromatic carbocycles. The van der Waals surface area contributed by atoms with Crippen molar-refractivity contribution in [2.45, 2.75) is 37.6 Å². The quantitative estimate of drug-likeness (QED) is 0.326. The highest BCUT2D eigenvalue weighted by molar-refractivity contribution is 5.91. The number of benzene rings is 1. The van der Waals surface area contributed by atoms with E-state index in [4.69, 9.17) is 4.84 Å². The Balaban J connectivity index is 1.96. The van der Waals surface area contributed by atoms with Crippen molar-refractivity contribution in [2.24, 2.45) is 4.99 Å². The summed E-state index contributed by atoms with van der Waals surface area (Å²) in [5.41, 5.74) is 3.72. The Kier molecular flexibility index (Phi) is 6.68. The lowest BCUT2D eigenvalue weighted by Crippen LogP contribution is -2.62. The minimum Gasteiger partial charge on any atom is -0.394 e. The van der Waals surface area contributed by atoms with Crippen molar-refractivity contribution in [3.05, 3.63) is 35.9 Å². The average molecular weight is 337 g/mol. The molecule has 5 N–H and O–H groups in total. The second-order valence-corrected chi connectivity index (χ2v) is 5.61. The molecule has 8 nitrogen and oxygen atoms in total. The Morgan fingerprint density at radius 3 is 2.58 bits per heavy atom. The fourth-order valence-electron chi connectivity index (χ4n) is 2.47. The third kappa shape index (κ3) is 4.75. The molecule has 1 aromatic rings. The van der Waals surface area contributed by atoms with Gasteiger partial charge in [0.15, 0.2) is 0 Å². The van der Waals surface area contributed by atoms with Crippen LogP contribution in [0.4, 0.5) is 0 Å². The van der Waals surface area contributed by atoms with Crippen molar-refractivity contribution < 1.29 is 25.0 Å². The zero-order chi connectivity index (χ0) is 17.5. The van der Waals surface area contributed by atoms with Crippen LogP contribution in [0.3, 0.4) is 0 Å². The number of nitrogens with zero attached hydrogens (tertiary/aromatic N) is 1. The normalized spacial score (nSPS) is 26.6. The number of rotatable bonds is 6. The van der Waals surface area contributed by atoms with Crippen LogP contribution < -0.4 is 10.8 Å². The second-order valence-electron chi connectivity index (χ2n) is 5.61. The molecule has 0 radical (unpaired) electrons. The summed E-state index contributed by atoms with van der Waals surface area (Å²) in [7, 11) is 0. The number of hydrogen-bond donors (Lipinski definition) is 5. The van der Waals surface area contributed by atoms with Crippen molar-refractivity contribution >= 4 is 11.7 Å². The van der Waals surface area contributed by atoms with Crippen molar-refractivity contribution in [3.8, 4) is 0 Å². The van der Waals surface area contributed by atoms with Crippen LogP contribution in [0.1, 0.15) is 12.5 Å². The molecule has 0 saturated heterocycles. The molecule has 2 rings (SSSR count). The average Bonchev–Trinajstić information content (AvgIpc) is 2.58. The van der Waals surface area contributed by atoms with Gasteiger partial charge in [-0.3, -0.25) is 20.1 Å². The first-order chi connectivity index (χ1) is 11.5. The van der Waals surface area contributed by atoms with Gasteiger partial charge in [-0.05, 0) is 12.0 Å². The summed E-state index contributed by atoms with van der Waals surface area (Å²) in [4.78, 5) is 20.8. The topological polar surface area (TPSA) is 123 Å². The molecule has 1 heterocycles. The van der Waals surface area contributed by atoms with Gasteiger partial charge in [-0.2, -0.15) is 0 Å². The van der Waals surface area contributed by atoms with E-state index in [1.54, 1.807) is 0 Å². The van der Waals surface area contributed by atoms with Crippen LogP contribution in [0.5, 0.6) is 0 Å². The fourth-order valence-corrected chi connectivity index (χ4v) is 2.47. The molecule has 0 fully saturated rings. The number of aliphatic hydroxyl groups excluding tert-OH is 3. The lowest BCUT2D eigenvalue weighted by molar-refractivity contribution is -0.121. The minimum absolute atomic E-state index is 0.162. The maximum atomic E-state index is 11.3. The largest absolute Gasteiger partial charge is 0.394 e. The lowest BCUT2D eigenvalue weighted by atomic mass is 9.95. The first-order valence-corrected chi connectivity index (χ1v) is 7.76. The number of aliphatic imine (C=N–C) groups is 1. The summed E-state index contributed by atoms with van der Waals surface area (Å²) in [5.74, 6) is -0.220. The van der Waals surface area contributed by atoms with Crippen LogP contribution in [-0.2, 0) is 16.1 Å². The molecule has 1 aliphatic heterocycles. The maximum Gasteiger partial charge on any atom is 0.217 e. The van der Waals surface area contributed by atoms with Crippen molar-refractivity contribution in [2.75, 3.05) is 13.2 Å². The van der Waals surface area contributed by atoms with E-state index in [2.05, 4.69) is 15.8 Å². The maximum absolute atomic E-state index is 11.3. The summed E-state index contributed by atoms with van der Waals surface area (Å²) >= 11 is 0. The highest BCUT2D eigenvalue weighted by atomic mass is 16.6. The molecule has 1 aliphatic rings. The van der Waals surface area contributed by atoms with E-state index in [1.807, 2.05) is 30.3 Å². The molecule has 0 aromatic heterocycles. The molecule has 0 saturated carbocycles. The number of carbonyl (C=O) groups is 1. The predicted octanol–water partition coefficient (Wildman–Crippen LogP) is -1.25. The molecule has 132 valence electrons. The number of nitrogens with one attached hydrogen (secondary N) is 2. The van der Waals surface area contributed by atoms with Crippen LogP contribution in [0.25, 0.3) is 0 Å². The van der Waals surface area contributed by atoms with E-state index < -0.39 is 30.9 Å².